The normalized spacial score (nSPS) is 19.5. The second-order valence-corrected chi connectivity index (χ2v) is 4.81. The van der Waals surface area contributed by atoms with E-state index < -0.39 is 19.1 Å². The first-order valence-electron chi connectivity index (χ1n) is 2.69. The van der Waals surface area contributed by atoms with Gasteiger partial charge in [-0.25, -0.2) is 0 Å². The molecule has 0 heterocycles. The van der Waals surface area contributed by atoms with Crippen LogP contribution in [0.15, 0.2) is 0 Å². The van der Waals surface area contributed by atoms with Crippen molar-refractivity contribution in [3.8, 4) is 0 Å². The second-order valence-electron chi connectivity index (χ2n) is 2.19. The van der Waals surface area contributed by atoms with Gasteiger partial charge >= 0.3 is 5.97 Å². The molecule has 0 fully saturated rings. The molecule has 6 heteroatoms. The van der Waals surface area contributed by atoms with Crippen LogP contribution in [0.1, 0.15) is 6.42 Å². The molecule has 0 bridgehead atoms. The summed E-state index contributed by atoms with van der Waals surface area (Å²) in [6, 6.07) is 0. The van der Waals surface area contributed by atoms with Crippen molar-refractivity contribution in [1.29, 1.82) is 0 Å². The molecular formula is C4H11NO4P+. The van der Waals surface area contributed by atoms with Gasteiger partial charge in [0.1, 0.15) is 6.42 Å². The summed E-state index contributed by atoms with van der Waals surface area (Å²) in [5.41, 5.74) is 3.26. The Balaban J connectivity index is 3.98. The summed E-state index contributed by atoms with van der Waals surface area (Å²) >= 11 is 0. The lowest BCUT2D eigenvalue weighted by atomic mass is 10.4. The number of carbonyl (C=O) groups is 1. The van der Waals surface area contributed by atoms with Crippen LogP contribution >= 0.6 is 7.37 Å². The molecule has 10 heavy (non-hydrogen) atoms. The van der Waals surface area contributed by atoms with E-state index in [1.807, 2.05) is 0 Å². The van der Waals surface area contributed by atoms with Gasteiger partial charge in [0.25, 0.3) is 7.37 Å². The smallest absolute Gasteiger partial charge is 0.310 e. The fourth-order valence-electron chi connectivity index (χ4n) is 0.371. The molecule has 2 unspecified atom stereocenters. The Morgan fingerprint density at radius 2 is 2.20 bits per heavy atom. The SMILES string of the molecule is CP(=O)(O)C([NH3+])CC(=O)O. The molecule has 0 aromatic heterocycles. The Hall–Kier alpha value is -0.380. The van der Waals surface area contributed by atoms with Gasteiger partial charge < -0.3 is 15.7 Å². The van der Waals surface area contributed by atoms with E-state index in [9.17, 15) is 9.36 Å². The van der Waals surface area contributed by atoms with E-state index in [4.69, 9.17) is 10.00 Å². The van der Waals surface area contributed by atoms with Crippen molar-refractivity contribution in [3.05, 3.63) is 0 Å². The number of hydrogen-bond donors (Lipinski definition) is 3. The topological polar surface area (TPSA) is 102 Å². The highest BCUT2D eigenvalue weighted by Crippen LogP contribution is 2.38. The first kappa shape index (κ1) is 9.62. The summed E-state index contributed by atoms with van der Waals surface area (Å²) in [7, 11) is -3.30. The van der Waals surface area contributed by atoms with Gasteiger partial charge in [-0.15, -0.1) is 0 Å². The van der Waals surface area contributed by atoms with Gasteiger partial charge in [0.05, 0.1) is 0 Å². The number of rotatable bonds is 3. The van der Waals surface area contributed by atoms with Crippen LogP contribution in [0, 0.1) is 0 Å². The quantitative estimate of drug-likeness (QED) is 0.467. The van der Waals surface area contributed by atoms with Gasteiger partial charge in [0.2, 0.25) is 0 Å². The van der Waals surface area contributed by atoms with E-state index in [-0.39, 0.29) is 6.42 Å². The van der Waals surface area contributed by atoms with E-state index in [2.05, 4.69) is 5.73 Å². The minimum atomic E-state index is -3.30. The summed E-state index contributed by atoms with van der Waals surface area (Å²) in [5, 5.41) is 8.18. The highest BCUT2D eigenvalue weighted by atomic mass is 31.2. The van der Waals surface area contributed by atoms with Crippen LogP contribution < -0.4 is 5.73 Å². The molecular weight excluding hydrogens is 157 g/mol. The molecule has 0 aliphatic heterocycles. The van der Waals surface area contributed by atoms with Crippen molar-refractivity contribution in [3.63, 3.8) is 0 Å². The van der Waals surface area contributed by atoms with E-state index in [1.165, 1.54) is 0 Å². The van der Waals surface area contributed by atoms with Crippen molar-refractivity contribution in [2.24, 2.45) is 0 Å². The number of quaternary nitrogens is 1. The van der Waals surface area contributed by atoms with Crippen LogP contribution in [-0.2, 0) is 9.36 Å². The lowest BCUT2D eigenvalue weighted by molar-refractivity contribution is -0.390. The molecule has 0 amide bonds. The maximum Gasteiger partial charge on any atom is 0.310 e. The molecule has 0 saturated heterocycles. The van der Waals surface area contributed by atoms with Crippen LogP contribution in [0.2, 0.25) is 0 Å². The minimum absolute atomic E-state index is 0.357. The third-order valence-corrected chi connectivity index (χ3v) is 2.63. The van der Waals surface area contributed by atoms with Crippen molar-refractivity contribution in [2.45, 2.75) is 12.2 Å². The summed E-state index contributed by atoms with van der Waals surface area (Å²) in [6.45, 7) is 1.10. The first-order valence-corrected chi connectivity index (χ1v) is 4.86. The number of carboxylic acids is 1. The van der Waals surface area contributed by atoms with Gasteiger partial charge in [-0.2, -0.15) is 0 Å². The molecule has 0 aromatic carbocycles. The van der Waals surface area contributed by atoms with E-state index in [0.29, 0.717) is 0 Å². The number of aliphatic carboxylic acids is 1. The monoisotopic (exact) mass is 168 g/mol. The van der Waals surface area contributed by atoms with Crippen LogP contribution in [0.4, 0.5) is 0 Å². The Morgan fingerprint density at radius 3 is 2.30 bits per heavy atom. The van der Waals surface area contributed by atoms with Crippen molar-refractivity contribution >= 4 is 13.3 Å². The standard InChI is InChI=1S/C4H10NO4P/c1-10(8,9)3(5)2-4(6)7/h3H,2,5H2,1H3,(H,6,7)(H,8,9)/p+1. The predicted molar refractivity (Wildman–Crippen MR) is 34.7 cm³/mol. The van der Waals surface area contributed by atoms with Crippen molar-refractivity contribution < 1.29 is 25.1 Å². The molecule has 2 atom stereocenters. The summed E-state index contributed by atoms with van der Waals surface area (Å²) in [5.74, 6) is -2.00. The molecule has 0 aliphatic carbocycles. The molecule has 5 nitrogen and oxygen atoms in total. The van der Waals surface area contributed by atoms with Crippen LogP contribution in [0.5, 0.6) is 0 Å². The molecule has 0 radical (unpaired) electrons. The third-order valence-electron chi connectivity index (χ3n) is 1.09. The van der Waals surface area contributed by atoms with Gasteiger partial charge in [0.15, 0.2) is 5.78 Å². The fraction of sp³-hybridized carbons (Fsp3) is 0.750. The fourth-order valence-corrected chi connectivity index (χ4v) is 0.866. The summed E-state index contributed by atoms with van der Waals surface area (Å²) in [4.78, 5) is 18.7. The Kier molecular flexibility index (Phi) is 3.02. The van der Waals surface area contributed by atoms with E-state index >= 15 is 0 Å². The van der Waals surface area contributed by atoms with Crippen LogP contribution in [0.3, 0.4) is 0 Å². The average molecular weight is 168 g/mol. The van der Waals surface area contributed by atoms with E-state index in [0.717, 1.165) is 6.66 Å². The summed E-state index contributed by atoms with van der Waals surface area (Å²) in [6.07, 6.45) is -0.357. The Morgan fingerprint density at radius 1 is 1.80 bits per heavy atom. The second kappa shape index (κ2) is 3.14. The molecule has 5 N–H and O–H groups in total. The van der Waals surface area contributed by atoms with Gasteiger partial charge in [-0.3, -0.25) is 9.36 Å². The highest BCUT2D eigenvalue weighted by Gasteiger charge is 2.27. The molecule has 0 saturated carbocycles. The average Bonchev–Trinajstić information content (AvgIpc) is 1.60. The zero-order chi connectivity index (χ0) is 8.36. The molecule has 0 aromatic rings. The maximum atomic E-state index is 10.7. The van der Waals surface area contributed by atoms with E-state index in [1.54, 1.807) is 0 Å². The molecule has 0 rings (SSSR count). The van der Waals surface area contributed by atoms with Crippen molar-refractivity contribution in [1.82, 2.24) is 0 Å². The zero-order valence-electron chi connectivity index (χ0n) is 5.65. The largest absolute Gasteiger partial charge is 0.481 e. The lowest BCUT2D eigenvalue weighted by Crippen LogP contribution is -2.61. The van der Waals surface area contributed by atoms with Crippen LogP contribution in [0.25, 0.3) is 0 Å². The minimum Gasteiger partial charge on any atom is -0.481 e. The molecule has 60 valence electrons. The maximum absolute atomic E-state index is 10.7. The zero-order valence-corrected chi connectivity index (χ0v) is 6.54. The Labute approximate surface area is 58.3 Å². The molecule has 0 aliphatic rings. The molecule has 0 spiro atoms. The van der Waals surface area contributed by atoms with Gasteiger partial charge in [-0.1, -0.05) is 0 Å². The lowest BCUT2D eigenvalue weighted by Gasteiger charge is -2.07. The predicted octanol–water partition coefficient (Wildman–Crippen LogP) is -1.07. The van der Waals surface area contributed by atoms with Crippen LogP contribution in [-0.4, -0.2) is 28.4 Å². The Bertz CT molecular complexity index is 174. The summed E-state index contributed by atoms with van der Waals surface area (Å²) < 4.78 is 10.7. The van der Waals surface area contributed by atoms with Crippen molar-refractivity contribution in [2.75, 3.05) is 6.66 Å². The number of carboxylic acid groups (broad SMARTS) is 1. The third kappa shape index (κ3) is 3.61. The first-order chi connectivity index (χ1) is 4.34. The number of hydrogen-bond acceptors (Lipinski definition) is 2. The highest BCUT2D eigenvalue weighted by molar-refractivity contribution is 7.57. The van der Waals surface area contributed by atoms with Gasteiger partial charge in [-0.05, 0) is 0 Å². The van der Waals surface area contributed by atoms with Gasteiger partial charge in [0, 0.05) is 6.66 Å².